The SMILES string of the molecule is C=C(C(=O)OC(C)(C)C)c1ccc(C(C)=O)cc1. The molecular formula is C15H18O3. The second kappa shape index (κ2) is 5.17. The number of rotatable bonds is 3. The summed E-state index contributed by atoms with van der Waals surface area (Å²) in [5.41, 5.74) is 1.02. The lowest BCUT2D eigenvalue weighted by Crippen LogP contribution is -2.24. The zero-order valence-electron chi connectivity index (χ0n) is 11.2. The van der Waals surface area contributed by atoms with Crippen LogP contribution in [0, 0.1) is 0 Å². The zero-order valence-corrected chi connectivity index (χ0v) is 11.2. The summed E-state index contributed by atoms with van der Waals surface area (Å²) in [7, 11) is 0. The molecule has 0 fully saturated rings. The monoisotopic (exact) mass is 246 g/mol. The van der Waals surface area contributed by atoms with E-state index < -0.39 is 11.6 Å². The maximum atomic E-state index is 11.8. The van der Waals surface area contributed by atoms with E-state index in [1.165, 1.54) is 6.92 Å². The minimum Gasteiger partial charge on any atom is -0.456 e. The zero-order chi connectivity index (χ0) is 13.9. The molecule has 1 aromatic rings. The first-order chi connectivity index (χ1) is 8.20. The van der Waals surface area contributed by atoms with Gasteiger partial charge < -0.3 is 4.74 Å². The van der Waals surface area contributed by atoms with Gasteiger partial charge in [0.2, 0.25) is 0 Å². The van der Waals surface area contributed by atoms with Gasteiger partial charge in [-0.15, -0.1) is 0 Å². The predicted molar refractivity (Wildman–Crippen MR) is 71.3 cm³/mol. The van der Waals surface area contributed by atoms with Crippen LogP contribution in [-0.2, 0) is 9.53 Å². The third kappa shape index (κ3) is 3.84. The third-order valence-corrected chi connectivity index (χ3v) is 2.29. The largest absolute Gasteiger partial charge is 0.456 e. The van der Waals surface area contributed by atoms with Crippen molar-refractivity contribution in [2.75, 3.05) is 0 Å². The summed E-state index contributed by atoms with van der Waals surface area (Å²) in [4.78, 5) is 22.9. The van der Waals surface area contributed by atoms with E-state index in [1.807, 2.05) is 0 Å². The van der Waals surface area contributed by atoms with Crippen LogP contribution in [0.2, 0.25) is 0 Å². The van der Waals surface area contributed by atoms with Gasteiger partial charge in [0.1, 0.15) is 5.60 Å². The molecular weight excluding hydrogens is 228 g/mol. The first kappa shape index (κ1) is 14.2. The van der Waals surface area contributed by atoms with E-state index in [1.54, 1.807) is 45.0 Å². The molecule has 0 atom stereocenters. The molecule has 0 saturated carbocycles. The summed E-state index contributed by atoms with van der Waals surface area (Å²) in [6.45, 7) is 10.6. The summed E-state index contributed by atoms with van der Waals surface area (Å²) in [5, 5.41) is 0. The smallest absolute Gasteiger partial charge is 0.338 e. The normalized spacial score (nSPS) is 10.9. The molecule has 0 saturated heterocycles. The number of ketones is 1. The number of hydrogen-bond acceptors (Lipinski definition) is 3. The molecule has 0 spiro atoms. The number of esters is 1. The lowest BCUT2D eigenvalue weighted by atomic mass is 10.0. The van der Waals surface area contributed by atoms with Crippen LogP contribution in [0.1, 0.15) is 43.6 Å². The molecule has 1 rings (SSSR count). The molecule has 3 nitrogen and oxygen atoms in total. The fraction of sp³-hybridized carbons (Fsp3) is 0.333. The molecule has 1 aromatic carbocycles. The van der Waals surface area contributed by atoms with Crippen LogP contribution in [-0.4, -0.2) is 17.4 Å². The Morgan fingerprint density at radius 3 is 1.89 bits per heavy atom. The quantitative estimate of drug-likeness (QED) is 0.467. The van der Waals surface area contributed by atoms with Crippen molar-refractivity contribution < 1.29 is 14.3 Å². The Hall–Kier alpha value is -1.90. The molecule has 0 bridgehead atoms. The van der Waals surface area contributed by atoms with Crippen LogP contribution in [0.4, 0.5) is 0 Å². The molecule has 0 aliphatic heterocycles. The minimum atomic E-state index is -0.542. The molecule has 0 heterocycles. The van der Waals surface area contributed by atoms with Gasteiger partial charge in [0.15, 0.2) is 5.78 Å². The van der Waals surface area contributed by atoms with E-state index in [2.05, 4.69) is 6.58 Å². The number of hydrogen-bond donors (Lipinski definition) is 0. The first-order valence-corrected chi connectivity index (χ1v) is 5.74. The van der Waals surface area contributed by atoms with Gasteiger partial charge >= 0.3 is 5.97 Å². The Morgan fingerprint density at radius 1 is 1.06 bits per heavy atom. The number of benzene rings is 1. The van der Waals surface area contributed by atoms with Crippen LogP contribution in [0.25, 0.3) is 5.57 Å². The summed E-state index contributed by atoms with van der Waals surface area (Å²) in [6.07, 6.45) is 0. The highest BCUT2D eigenvalue weighted by Crippen LogP contribution is 2.18. The maximum absolute atomic E-state index is 11.8. The molecule has 0 radical (unpaired) electrons. The number of carbonyl (C=O) groups is 2. The highest BCUT2D eigenvalue weighted by atomic mass is 16.6. The van der Waals surface area contributed by atoms with Gasteiger partial charge in [-0.1, -0.05) is 30.8 Å². The number of carbonyl (C=O) groups excluding carboxylic acids is 2. The number of Topliss-reactive ketones (excluding diaryl/α,β-unsaturated/α-hetero) is 1. The highest BCUT2D eigenvalue weighted by Gasteiger charge is 2.19. The van der Waals surface area contributed by atoms with Gasteiger partial charge in [-0.25, -0.2) is 4.79 Å². The standard InChI is InChI=1S/C15H18O3/c1-10(14(17)18-15(3,4)5)12-6-8-13(9-7-12)11(2)16/h6-9H,1H2,2-5H3. The van der Waals surface area contributed by atoms with E-state index in [0.717, 1.165) is 0 Å². The Labute approximate surface area is 107 Å². The Bertz CT molecular complexity index is 475. The average molecular weight is 246 g/mol. The van der Waals surface area contributed by atoms with Crippen molar-refractivity contribution in [2.45, 2.75) is 33.3 Å². The van der Waals surface area contributed by atoms with Gasteiger partial charge in [-0.2, -0.15) is 0 Å². The van der Waals surface area contributed by atoms with Crippen molar-refractivity contribution in [2.24, 2.45) is 0 Å². The van der Waals surface area contributed by atoms with E-state index in [9.17, 15) is 9.59 Å². The van der Waals surface area contributed by atoms with Crippen molar-refractivity contribution in [1.82, 2.24) is 0 Å². The molecule has 3 heteroatoms. The van der Waals surface area contributed by atoms with Crippen molar-refractivity contribution >= 4 is 17.3 Å². The fourth-order valence-corrected chi connectivity index (χ4v) is 1.36. The average Bonchev–Trinajstić information content (AvgIpc) is 2.26. The Morgan fingerprint density at radius 2 is 1.50 bits per heavy atom. The van der Waals surface area contributed by atoms with Gasteiger partial charge in [0, 0.05) is 5.56 Å². The van der Waals surface area contributed by atoms with Crippen molar-refractivity contribution in [1.29, 1.82) is 0 Å². The minimum absolute atomic E-state index is 0.00979. The first-order valence-electron chi connectivity index (χ1n) is 5.74. The van der Waals surface area contributed by atoms with Gasteiger partial charge in [0.05, 0.1) is 5.57 Å². The molecule has 0 amide bonds. The summed E-state index contributed by atoms with van der Waals surface area (Å²) < 4.78 is 5.23. The molecule has 0 aromatic heterocycles. The summed E-state index contributed by atoms with van der Waals surface area (Å²) in [6, 6.07) is 6.74. The van der Waals surface area contributed by atoms with Crippen LogP contribution < -0.4 is 0 Å². The molecule has 96 valence electrons. The van der Waals surface area contributed by atoms with E-state index >= 15 is 0 Å². The van der Waals surface area contributed by atoms with E-state index in [0.29, 0.717) is 16.7 Å². The van der Waals surface area contributed by atoms with Gasteiger partial charge in [-0.05, 0) is 33.3 Å². The summed E-state index contributed by atoms with van der Waals surface area (Å²) >= 11 is 0. The van der Waals surface area contributed by atoms with Crippen molar-refractivity contribution in [3.05, 3.63) is 42.0 Å². The second-order valence-corrected chi connectivity index (χ2v) is 5.11. The highest BCUT2D eigenvalue weighted by molar-refractivity contribution is 6.15. The molecule has 0 aliphatic rings. The van der Waals surface area contributed by atoms with Crippen LogP contribution >= 0.6 is 0 Å². The molecule has 0 aliphatic carbocycles. The van der Waals surface area contributed by atoms with Crippen molar-refractivity contribution in [3.8, 4) is 0 Å². The lowest BCUT2D eigenvalue weighted by Gasteiger charge is -2.20. The summed E-state index contributed by atoms with van der Waals surface area (Å²) in [5.74, 6) is -0.456. The topological polar surface area (TPSA) is 43.4 Å². The third-order valence-electron chi connectivity index (χ3n) is 2.29. The second-order valence-electron chi connectivity index (χ2n) is 5.11. The maximum Gasteiger partial charge on any atom is 0.338 e. The Balaban J connectivity index is 2.85. The molecule has 18 heavy (non-hydrogen) atoms. The van der Waals surface area contributed by atoms with Crippen molar-refractivity contribution in [3.63, 3.8) is 0 Å². The Kier molecular flexibility index (Phi) is 4.07. The van der Waals surface area contributed by atoms with E-state index in [4.69, 9.17) is 4.74 Å². The van der Waals surface area contributed by atoms with Crippen LogP contribution in [0.15, 0.2) is 30.8 Å². The van der Waals surface area contributed by atoms with E-state index in [-0.39, 0.29) is 5.78 Å². The van der Waals surface area contributed by atoms with Gasteiger partial charge in [-0.3, -0.25) is 4.79 Å². The van der Waals surface area contributed by atoms with Crippen LogP contribution in [0.3, 0.4) is 0 Å². The fourth-order valence-electron chi connectivity index (χ4n) is 1.36. The predicted octanol–water partition coefficient (Wildman–Crippen LogP) is 3.24. The number of ether oxygens (including phenoxy) is 1. The van der Waals surface area contributed by atoms with Crippen LogP contribution in [0.5, 0.6) is 0 Å². The lowest BCUT2D eigenvalue weighted by molar-refractivity contribution is -0.147. The molecule has 0 N–H and O–H groups in total. The molecule has 0 unspecified atom stereocenters. The van der Waals surface area contributed by atoms with Gasteiger partial charge in [0.25, 0.3) is 0 Å².